The molecule has 2 amide bonds. The summed E-state index contributed by atoms with van der Waals surface area (Å²) in [5.74, 6) is -1.08. The molecule has 1 aromatic carbocycles. The summed E-state index contributed by atoms with van der Waals surface area (Å²) >= 11 is 5.40. The highest BCUT2D eigenvalue weighted by atomic mass is 35.5. The van der Waals surface area contributed by atoms with E-state index in [0.717, 1.165) is 11.1 Å². The van der Waals surface area contributed by atoms with Crippen LogP contribution < -0.4 is 10.6 Å². The number of alkyl halides is 1. The molecule has 0 bridgehead atoms. The van der Waals surface area contributed by atoms with Crippen molar-refractivity contribution in [2.45, 2.75) is 13.8 Å². The maximum atomic E-state index is 11.4. The number of benzene rings is 1. The number of hydrogen-bond donors (Lipinski definition) is 2. The fraction of sp³-hybridized carbons (Fsp3) is 0.333. The first-order valence-electron chi connectivity index (χ1n) is 5.27. The number of amides is 2. The van der Waals surface area contributed by atoms with Gasteiger partial charge in [-0.2, -0.15) is 0 Å². The van der Waals surface area contributed by atoms with Gasteiger partial charge in [0.25, 0.3) is 0 Å². The van der Waals surface area contributed by atoms with Crippen LogP contribution in [-0.2, 0) is 9.59 Å². The van der Waals surface area contributed by atoms with Crippen molar-refractivity contribution in [3.8, 4) is 0 Å². The minimum atomic E-state index is -0.682. The monoisotopic (exact) mass is 254 g/mol. The van der Waals surface area contributed by atoms with E-state index in [-0.39, 0.29) is 12.4 Å². The van der Waals surface area contributed by atoms with E-state index in [4.69, 9.17) is 11.6 Å². The zero-order valence-electron chi connectivity index (χ0n) is 9.84. The van der Waals surface area contributed by atoms with Gasteiger partial charge >= 0.3 is 11.8 Å². The standard InChI is InChI=1S/C12H15ClN2O2/c1-8-3-4-10(7-9(8)2)15-12(17)11(16)14-6-5-13/h3-4,7H,5-6H2,1-2H3,(H,14,16)(H,15,17). The first kappa shape index (κ1) is 13.5. The average molecular weight is 255 g/mol. The number of carbonyl (C=O) groups is 2. The molecule has 0 saturated heterocycles. The number of carbonyl (C=O) groups excluding carboxylic acids is 2. The lowest BCUT2D eigenvalue weighted by Crippen LogP contribution is -2.36. The number of aryl methyl sites for hydroxylation is 2. The Bertz CT molecular complexity index is 433. The van der Waals surface area contributed by atoms with Gasteiger partial charge < -0.3 is 10.6 Å². The number of nitrogens with one attached hydrogen (secondary N) is 2. The second-order valence-corrected chi connectivity index (χ2v) is 4.08. The Hall–Kier alpha value is -1.55. The van der Waals surface area contributed by atoms with Crippen LogP contribution in [0.3, 0.4) is 0 Å². The number of rotatable bonds is 3. The molecule has 0 saturated carbocycles. The summed E-state index contributed by atoms with van der Waals surface area (Å²) in [6.07, 6.45) is 0. The maximum absolute atomic E-state index is 11.4. The molecule has 5 heteroatoms. The van der Waals surface area contributed by atoms with Gasteiger partial charge in [0, 0.05) is 18.1 Å². The van der Waals surface area contributed by atoms with E-state index in [1.165, 1.54) is 0 Å². The van der Waals surface area contributed by atoms with E-state index in [9.17, 15) is 9.59 Å². The molecule has 0 aliphatic heterocycles. The predicted octanol–water partition coefficient (Wildman–Crippen LogP) is 1.60. The Morgan fingerprint density at radius 2 is 1.88 bits per heavy atom. The molecule has 0 aliphatic carbocycles. The molecule has 0 heterocycles. The molecule has 0 aliphatic rings. The van der Waals surface area contributed by atoms with Crippen LogP contribution in [-0.4, -0.2) is 24.2 Å². The van der Waals surface area contributed by atoms with Crippen molar-refractivity contribution in [3.63, 3.8) is 0 Å². The van der Waals surface area contributed by atoms with Crippen LogP contribution in [0.4, 0.5) is 5.69 Å². The second-order valence-electron chi connectivity index (χ2n) is 3.70. The summed E-state index contributed by atoms with van der Waals surface area (Å²) < 4.78 is 0. The highest BCUT2D eigenvalue weighted by molar-refractivity contribution is 6.39. The minimum absolute atomic E-state index is 0.279. The summed E-state index contributed by atoms with van der Waals surface area (Å²) in [5.41, 5.74) is 2.80. The van der Waals surface area contributed by atoms with E-state index < -0.39 is 11.8 Å². The third kappa shape index (κ3) is 4.07. The van der Waals surface area contributed by atoms with Gasteiger partial charge in [-0.3, -0.25) is 9.59 Å². The zero-order chi connectivity index (χ0) is 12.8. The quantitative estimate of drug-likeness (QED) is 0.636. The third-order valence-corrected chi connectivity index (χ3v) is 2.54. The van der Waals surface area contributed by atoms with Crippen LogP contribution in [0.25, 0.3) is 0 Å². The number of anilines is 1. The van der Waals surface area contributed by atoms with E-state index in [2.05, 4.69) is 10.6 Å². The van der Waals surface area contributed by atoms with Crippen molar-refractivity contribution in [1.29, 1.82) is 0 Å². The van der Waals surface area contributed by atoms with Crippen LogP contribution in [0, 0.1) is 13.8 Å². The first-order chi connectivity index (χ1) is 8.04. The Balaban J connectivity index is 2.61. The van der Waals surface area contributed by atoms with Gasteiger partial charge in [-0.25, -0.2) is 0 Å². The Kier molecular flexibility index (Phi) is 4.97. The molecule has 0 atom stereocenters. The Morgan fingerprint density at radius 3 is 2.47 bits per heavy atom. The van der Waals surface area contributed by atoms with Gasteiger partial charge in [0.2, 0.25) is 0 Å². The van der Waals surface area contributed by atoms with Gasteiger partial charge in [0.15, 0.2) is 0 Å². The van der Waals surface area contributed by atoms with Crippen LogP contribution in [0.1, 0.15) is 11.1 Å². The molecule has 92 valence electrons. The lowest BCUT2D eigenvalue weighted by Gasteiger charge is -2.07. The normalized spacial score (nSPS) is 9.82. The molecule has 0 radical (unpaired) electrons. The molecule has 0 fully saturated rings. The zero-order valence-corrected chi connectivity index (χ0v) is 10.6. The van der Waals surface area contributed by atoms with Crippen molar-refractivity contribution in [2.24, 2.45) is 0 Å². The molecule has 0 unspecified atom stereocenters. The average Bonchev–Trinajstić information content (AvgIpc) is 2.30. The molecule has 1 rings (SSSR count). The summed E-state index contributed by atoms with van der Waals surface area (Å²) in [6, 6.07) is 5.47. The highest BCUT2D eigenvalue weighted by Crippen LogP contribution is 2.13. The summed E-state index contributed by atoms with van der Waals surface area (Å²) in [5, 5.41) is 4.92. The molecular weight excluding hydrogens is 240 g/mol. The summed E-state index contributed by atoms with van der Waals surface area (Å²) in [7, 11) is 0. The summed E-state index contributed by atoms with van der Waals surface area (Å²) in [6.45, 7) is 4.20. The largest absolute Gasteiger partial charge is 0.347 e. The lowest BCUT2D eigenvalue weighted by molar-refractivity contribution is -0.136. The smallest absolute Gasteiger partial charge is 0.313 e. The number of halogens is 1. The van der Waals surface area contributed by atoms with Gasteiger partial charge in [-0.1, -0.05) is 6.07 Å². The van der Waals surface area contributed by atoms with E-state index in [1.54, 1.807) is 6.07 Å². The van der Waals surface area contributed by atoms with Gasteiger partial charge in [-0.05, 0) is 37.1 Å². The van der Waals surface area contributed by atoms with Crippen LogP contribution in [0.5, 0.6) is 0 Å². The van der Waals surface area contributed by atoms with Gasteiger partial charge in [0.1, 0.15) is 0 Å². The van der Waals surface area contributed by atoms with E-state index >= 15 is 0 Å². The molecule has 17 heavy (non-hydrogen) atoms. The van der Waals surface area contributed by atoms with Crippen molar-refractivity contribution < 1.29 is 9.59 Å². The second kappa shape index (κ2) is 6.25. The first-order valence-corrected chi connectivity index (χ1v) is 5.80. The molecule has 2 N–H and O–H groups in total. The highest BCUT2D eigenvalue weighted by Gasteiger charge is 2.12. The molecule has 1 aromatic rings. The van der Waals surface area contributed by atoms with E-state index in [0.29, 0.717) is 5.69 Å². The van der Waals surface area contributed by atoms with Crippen molar-refractivity contribution in [3.05, 3.63) is 29.3 Å². The molecule has 0 spiro atoms. The molecule has 0 aromatic heterocycles. The van der Waals surface area contributed by atoms with Crippen molar-refractivity contribution >= 4 is 29.1 Å². The SMILES string of the molecule is Cc1ccc(NC(=O)C(=O)NCCCl)cc1C. The van der Waals surface area contributed by atoms with Crippen LogP contribution >= 0.6 is 11.6 Å². The summed E-state index contributed by atoms with van der Waals surface area (Å²) in [4.78, 5) is 22.7. The topological polar surface area (TPSA) is 58.2 Å². The van der Waals surface area contributed by atoms with Crippen molar-refractivity contribution in [1.82, 2.24) is 5.32 Å². The maximum Gasteiger partial charge on any atom is 0.313 e. The van der Waals surface area contributed by atoms with Crippen molar-refractivity contribution in [2.75, 3.05) is 17.7 Å². The van der Waals surface area contributed by atoms with Gasteiger partial charge in [0.05, 0.1) is 0 Å². The lowest BCUT2D eigenvalue weighted by atomic mass is 10.1. The van der Waals surface area contributed by atoms with Gasteiger partial charge in [-0.15, -0.1) is 11.6 Å². The Morgan fingerprint density at radius 1 is 1.18 bits per heavy atom. The fourth-order valence-corrected chi connectivity index (χ4v) is 1.34. The number of hydrogen-bond acceptors (Lipinski definition) is 2. The Labute approximate surface area is 105 Å². The van der Waals surface area contributed by atoms with Crippen LogP contribution in [0.15, 0.2) is 18.2 Å². The van der Waals surface area contributed by atoms with Crippen LogP contribution in [0.2, 0.25) is 0 Å². The predicted molar refractivity (Wildman–Crippen MR) is 68.3 cm³/mol. The molecular formula is C12H15ClN2O2. The third-order valence-electron chi connectivity index (χ3n) is 2.35. The minimum Gasteiger partial charge on any atom is -0.347 e. The fourth-order valence-electron chi connectivity index (χ4n) is 1.25. The molecule has 4 nitrogen and oxygen atoms in total. The van der Waals surface area contributed by atoms with E-state index in [1.807, 2.05) is 26.0 Å².